The van der Waals surface area contributed by atoms with Crippen molar-refractivity contribution in [3.63, 3.8) is 0 Å². The zero-order valence-electron chi connectivity index (χ0n) is 16.5. The molecule has 1 saturated heterocycles. The molecule has 0 aliphatic carbocycles. The number of anilines is 1. The molecule has 0 radical (unpaired) electrons. The third-order valence-electron chi connectivity index (χ3n) is 4.46. The molecule has 0 spiro atoms. The van der Waals surface area contributed by atoms with Gasteiger partial charge in [0.1, 0.15) is 17.2 Å². The Kier molecular flexibility index (Phi) is 6.50. The monoisotopic (exact) mass is 388 g/mol. The summed E-state index contributed by atoms with van der Waals surface area (Å²) in [5, 5.41) is 4.01. The minimum atomic E-state index is -0.133. The summed E-state index contributed by atoms with van der Waals surface area (Å²) in [6.45, 7) is 9.51. The number of hydrogen-bond donors (Lipinski definition) is 1. The van der Waals surface area contributed by atoms with E-state index in [-0.39, 0.29) is 12.0 Å². The molecule has 0 bridgehead atoms. The van der Waals surface area contributed by atoms with Crippen LogP contribution in [0.15, 0.2) is 18.2 Å². The van der Waals surface area contributed by atoms with Crippen LogP contribution in [0.1, 0.15) is 52.6 Å². The molecule has 27 heavy (non-hydrogen) atoms. The molecule has 6 heteroatoms. The molecule has 5 nitrogen and oxygen atoms in total. The number of ether oxygens (including phenoxy) is 2. The fourth-order valence-electron chi connectivity index (χ4n) is 3.09. The van der Waals surface area contributed by atoms with Gasteiger partial charge in [-0.05, 0) is 50.3 Å². The lowest BCUT2D eigenvalue weighted by Gasteiger charge is -2.15. The maximum Gasteiger partial charge on any atom is 0.267 e. The molecule has 0 saturated carbocycles. The molecule has 1 amide bonds. The Morgan fingerprint density at radius 1 is 1.41 bits per heavy atom. The molecular weight excluding hydrogens is 360 g/mol. The van der Waals surface area contributed by atoms with Crippen LogP contribution in [0.25, 0.3) is 0 Å². The maximum atomic E-state index is 12.8. The summed E-state index contributed by atoms with van der Waals surface area (Å²) >= 11 is 1.47. The zero-order chi connectivity index (χ0) is 19.4. The van der Waals surface area contributed by atoms with Gasteiger partial charge in [-0.1, -0.05) is 19.9 Å². The highest BCUT2D eigenvalue weighted by atomic mass is 32.1. The van der Waals surface area contributed by atoms with Crippen molar-refractivity contribution < 1.29 is 14.3 Å². The maximum absolute atomic E-state index is 12.8. The van der Waals surface area contributed by atoms with Crippen LogP contribution < -0.4 is 10.1 Å². The normalized spacial score (nSPS) is 16.7. The number of nitrogens with one attached hydrogen (secondary N) is 1. The largest absolute Gasteiger partial charge is 0.489 e. The number of amides is 1. The minimum absolute atomic E-state index is 0.133. The van der Waals surface area contributed by atoms with Crippen molar-refractivity contribution in [3.05, 3.63) is 39.3 Å². The van der Waals surface area contributed by atoms with Gasteiger partial charge in [-0.15, -0.1) is 11.3 Å². The number of nitrogens with zero attached hydrogens (tertiary/aromatic N) is 1. The minimum Gasteiger partial charge on any atom is -0.489 e. The summed E-state index contributed by atoms with van der Waals surface area (Å²) in [7, 11) is 0. The number of rotatable bonds is 7. The standard InChI is InChI=1S/C21H28N2O3S/c1-13(2)10-19-22-15(4)20(27-19)21(24)23-17-8-7-14(3)11-18(17)26-12-16-6-5-9-25-16/h7-8,11,13,16H,5-6,9-10,12H2,1-4H3,(H,23,24). The first kappa shape index (κ1) is 19.8. The summed E-state index contributed by atoms with van der Waals surface area (Å²) in [6, 6.07) is 5.82. The molecule has 2 heterocycles. The highest BCUT2D eigenvalue weighted by molar-refractivity contribution is 7.13. The van der Waals surface area contributed by atoms with Crippen LogP contribution in [-0.2, 0) is 11.2 Å². The number of carbonyl (C=O) groups excluding carboxylic acids is 1. The average molecular weight is 389 g/mol. The lowest BCUT2D eigenvalue weighted by atomic mass is 10.1. The molecule has 1 atom stereocenters. The molecule has 1 aromatic carbocycles. The summed E-state index contributed by atoms with van der Waals surface area (Å²) in [4.78, 5) is 18.0. The second kappa shape index (κ2) is 8.85. The van der Waals surface area contributed by atoms with E-state index < -0.39 is 0 Å². The van der Waals surface area contributed by atoms with Gasteiger partial charge in [-0.2, -0.15) is 0 Å². The van der Waals surface area contributed by atoms with Crippen molar-refractivity contribution >= 4 is 22.9 Å². The van der Waals surface area contributed by atoms with E-state index in [4.69, 9.17) is 9.47 Å². The second-order valence-corrected chi connectivity index (χ2v) is 8.60. The highest BCUT2D eigenvalue weighted by Crippen LogP contribution is 2.29. The SMILES string of the molecule is Cc1ccc(NC(=O)c2sc(CC(C)C)nc2C)c(OCC2CCCO2)c1. The number of aromatic nitrogens is 1. The van der Waals surface area contributed by atoms with Crippen LogP contribution in [0.3, 0.4) is 0 Å². The van der Waals surface area contributed by atoms with Crippen molar-refractivity contribution in [2.24, 2.45) is 5.92 Å². The van der Waals surface area contributed by atoms with E-state index in [1.165, 1.54) is 11.3 Å². The smallest absolute Gasteiger partial charge is 0.267 e. The molecule has 3 rings (SSSR count). The average Bonchev–Trinajstić information content (AvgIpc) is 3.24. The second-order valence-electron chi connectivity index (χ2n) is 7.52. The van der Waals surface area contributed by atoms with Gasteiger partial charge >= 0.3 is 0 Å². The summed E-state index contributed by atoms with van der Waals surface area (Å²) in [6.07, 6.45) is 3.12. The summed E-state index contributed by atoms with van der Waals surface area (Å²) < 4.78 is 11.6. The van der Waals surface area contributed by atoms with E-state index in [1.54, 1.807) is 0 Å². The van der Waals surface area contributed by atoms with Gasteiger partial charge in [0.05, 0.1) is 22.5 Å². The van der Waals surface area contributed by atoms with Crippen molar-refractivity contribution in [1.29, 1.82) is 0 Å². The highest BCUT2D eigenvalue weighted by Gasteiger charge is 2.19. The van der Waals surface area contributed by atoms with Crippen molar-refractivity contribution in [2.75, 3.05) is 18.5 Å². The first-order valence-corrected chi connectivity index (χ1v) is 10.4. The molecule has 1 aromatic heterocycles. The molecule has 2 aromatic rings. The van der Waals surface area contributed by atoms with E-state index in [1.807, 2.05) is 32.0 Å². The van der Waals surface area contributed by atoms with Crippen LogP contribution in [0.2, 0.25) is 0 Å². The van der Waals surface area contributed by atoms with Crippen LogP contribution >= 0.6 is 11.3 Å². The number of benzene rings is 1. The number of aryl methyl sites for hydroxylation is 2. The van der Waals surface area contributed by atoms with Crippen molar-refractivity contribution in [2.45, 2.75) is 53.1 Å². The third kappa shape index (κ3) is 5.30. The molecular formula is C21H28N2O3S. The van der Waals surface area contributed by atoms with Gasteiger partial charge in [0, 0.05) is 13.0 Å². The number of carbonyl (C=O) groups is 1. The molecule has 1 aliphatic rings. The summed E-state index contributed by atoms with van der Waals surface area (Å²) in [5.41, 5.74) is 2.55. The van der Waals surface area contributed by atoms with Crippen molar-refractivity contribution in [1.82, 2.24) is 4.98 Å². The van der Waals surface area contributed by atoms with E-state index in [9.17, 15) is 4.79 Å². The van der Waals surface area contributed by atoms with E-state index in [0.717, 1.165) is 42.1 Å². The van der Waals surface area contributed by atoms with Crippen molar-refractivity contribution in [3.8, 4) is 5.75 Å². The zero-order valence-corrected chi connectivity index (χ0v) is 17.3. The van der Waals surface area contributed by atoms with Gasteiger partial charge in [-0.3, -0.25) is 4.79 Å². The van der Waals surface area contributed by atoms with E-state index in [2.05, 4.69) is 24.1 Å². The lowest BCUT2D eigenvalue weighted by Crippen LogP contribution is -2.18. The van der Waals surface area contributed by atoms with Gasteiger partial charge in [-0.25, -0.2) is 4.98 Å². The lowest BCUT2D eigenvalue weighted by molar-refractivity contribution is 0.0681. The Hall–Kier alpha value is -1.92. The van der Waals surface area contributed by atoms with E-state index >= 15 is 0 Å². The van der Waals surface area contributed by atoms with Gasteiger partial charge in [0.2, 0.25) is 0 Å². The van der Waals surface area contributed by atoms with Crippen LogP contribution in [0.4, 0.5) is 5.69 Å². The quantitative estimate of drug-likeness (QED) is 0.742. The Morgan fingerprint density at radius 3 is 2.93 bits per heavy atom. The van der Waals surface area contributed by atoms with E-state index in [0.29, 0.717) is 28.8 Å². The molecule has 1 N–H and O–H groups in total. The Bertz CT molecular complexity index is 795. The predicted molar refractivity (Wildman–Crippen MR) is 109 cm³/mol. The molecule has 1 aliphatic heterocycles. The topological polar surface area (TPSA) is 60.5 Å². The number of thiazole rings is 1. The fraction of sp³-hybridized carbons (Fsp3) is 0.524. The number of hydrogen-bond acceptors (Lipinski definition) is 5. The molecule has 146 valence electrons. The Balaban J connectivity index is 1.72. The van der Waals surface area contributed by atoms with Gasteiger partial charge in [0.25, 0.3) is 5.91 Å². The summed E-state index contributed by atoms with van der Waals surface area (Å²) in [5.74, 6) is 1.07. The van der Waals surface area contributed by atoms with Gasteiger partial charge < -0.3 is 14.8 Å². The Labute approximate surface area is 165 Å². The molecule has 1 fully saturated rings. The predicted octanol–water partition coefficient (Wildman–Crippen LogP) is 4.77. The Morgan fingerprint density at radius 2 is 2.22 bits per heavy atom. The molecule has 1 unspecified atom stereocenters. The third-order valence-corrected chi connectivity index (χ3v) is 5.64. The van der Waals surface area contributed by atoms with Crippen LogP contribution in [-0.4, -0.2) is 30.2 Å². The first-order chi connectivity index (χ1) is 12.9. The van der Waals surface area contributed by atoms with Crippen LogP contribution in [0.5, 0.6) is 5.75 Å². The first-order valence-electron chi connectivity index (χ1n) is 9.55. The van der Waals surface area contributed by atoms with Gasteiger partial charge in [0.15, 0.2) is 0 Å². The fourth-order valence-corrected chi connectivity index (χ4v) is 4.26. The van der Waals surface area contributed by atoms with Crippen LogP contribution in [0, 0.1) is 19.8 Å².